The number of rotatable bonds is 3. The SMILES string of the molecule is CCOC(=O)c1cc(C)cc(F)c1[N+](=O)[O-]. The van der Waals surface area contributed by atoms with Gasteiger partial charge in [-0.25, -0.2) is 4.79 Å². The molecule has 86 valence electrons. The molecule has 0 aromatic heterocycles. The van der Waals surface area contributed by atoms with Gasteiger partial charge in [-0.2, -0.15) is 4.39 Å². The summed E-state index contributed by atoms with van der Waals surface area (Å²) in [6.45, 7) is 3.18. The van der Waals surface area contributed by atoms with E-state index in [2.05, 4.69) is 4.74 Å². The van der Waals surface area contributed by atoms with E-state index in [9.17, 15) is 19.3 Å². The minimum atomic E-state index is -1.03. The number of halogens is 1. The van der Waals surface area contributed by atoms with Crippen LogP contribution < -0.4 is 0 Å². The highest BCUT2D eigenvalue weighted by molar-refractivity contribution is 5.94. The Morgan fingerprint density at radius 2 is 2.19 bits per heavy atom. The van der Waals surface area contributed by atoms with Gasteiger partial charge in [0.1, 0.15) is 5.56 Å². The second kappa shape index (κ2) is 4.69. The van der Waals surface area contributed by atoms with E-state index >= 15 is 0 Å². The smallest absolute Gasteiger partial charge is 0.345 e. The summed E-state index contributed by atoms with van der Waals surface area (Å²) in [6, 6.07) is 2.24. The van der Waals surface area contributed by atoms with Crippen molar-refractivity contribution in [2.75, 3.05) is 6.61 Å². The van der Waals surface area contributed by atoms with Crippen LogP contribution in [0.1, 0.15) is 22.8 Å². The van der Waals surface area contributed by atoms with Gasteiger partial charge in [0.05, 0.1) is 11.5 Å². The Bertz CT molecular complexity index is 445. The summed E-state index contributed by atoms with van der Waals surface area (Å²) in [6.07, 6.45) is 0. The second-order valence-electron chi connectivity index (χ2n) is 3.12. The van der Waals surface area contributed by atoms with E-state index in [1.54, 1.807) is 6.92 Å². The van der Waals surface area contributed by atoms with Crippen LogP contribution in [0.2, 0.25) is 0 Å². The second-order valence-corrected chi connectivity index (χ2v) is 3.12. The fraction of sp³-hybridized carbons (Fsp3) is 0.300. The number of hydrogen-bond acceptors (Lipinski definition) is 4. The molecule has 0 radical (unpaired) electrons. The quantitative estimate of drug-likeness (QED) is 0.451. The highest BCUT2D eigenvalue weighted by atomic mass is 19.1. The van der Waals surface area contributed by atoms with E-state index in [0.29, 0.717) is 5.56 Å². The third-order valence-electron chi connectivity index (χ3n) is 1.89. The predicted molar refractivity (Wildman–Crippen MR) is 53.7 cm³/mol. The Morgan fingerprint density at radius 3 is 2.69 bits per heavy atom. The first kappa shape index (κ1) is 12.1. The van der Waals surface area contributed by atoms with Crippen molar-refractivity contribution in [2.45, 2.75) is 13.8 Å². The van der Waals surface area contributed by atoms with Gasteiger partial charge in [0.25, 0.3) is 0 Å². The van der Waals surface area contributed by atoms with Gasteiger partial charge in [-0.1, -0.05) is 0 Å². The number of benzene rings is 1. The Morgan fingerprint density at radius 1 is 1.56 bits per heavy atom. The first-order chi connectivity index (χ1) is 7.47. The van der Waals surface area contributed by atoms with Crippen LogP contribution in [0.15, 0.2) is 12.1 Å². The van der Waals surface area contributed by atoms with Crippen molar-refractivity contribution in [3.63, 3.8) is 0 Å². The number of nitrogens with zero attached hydrogens (tertiary/aromatic N) is 1. The lowest BCUT2D eigenvalue weighted by atomic mass is 10.1. The van der Waals surface area contributed by atoms with Crippen molar-refractivity contribution in [3.05, 3.63) is 39.2 Å². The molecule has 0 aliphatic carbocycles. The lowest BCUT2D eigenvalue weighted by molar-refractivity contribution is -0.387. The molecule has 0 N–H and O–H groups in total. The first-order valence-corrected chi connectivity index (χ1v) is 4.59. The average Bonchev–Trinajstić information content (AvgIpc) is 2.15. The molecule has 1 aromatic rings. The maximum Gasteiger partial charge on any atom is 0.345 e. The largest absolute Gasteiger partial charge is 0.462 e. The molecular weight excluding hydrogens is 217 g/mol. The van der Waals surface area contributed by atoms with Crippen LogP contribution in [0.4, 0.5) is 10.1 Å². The Kier molecular flexibility index (Phi) is 3.55. The van der Waals surface area contributed by atoms with Gasteiger partial charge >= 0.3 is 11.7 Å². The molecule has 1 aromatic carbocycles. The summed E-state index contributed by atoms with van der Waals surface area (Å²) < 4.78 is 17.9. The fourth-order valence-electron chi connectivity index (χ4n) is 1.28. The summed E-state index contributed by atoms with van der Waals surface area (Å²) in [7, 11) is 0. The predicted octanol–water partition coefficient (Wildman–Crippen LogP) is 2.22. The van der Waals surface area contributed by atoms with Crippen LogP contribution in [0.25, 0.3) is 0 Å². The van der Waals surface area contributed by atoms with Crippen molar-refractivity contribution >= 4 is 11.7 Å². The van der Waals surface area contributed by atoms with Crippen molar-refractivity contribution in [1.29, 1.82) is 0 Å². The fourth-order valence-corrected chi connectivity index (χ4v) is 1.28. The standard InChI is InChI=1S/C10H10FNO4/c1-3-16-10(13)7-4-6(2)5-8(11)9(7)12(14)15/h4-5H,3H2,1-2H3. The number of nitro groups is 1. The van der Waals surface area contributed by atoms with Crippen molar-refractivity contribution < 1.29 is 18.8 Å². The van der Waals surface area contributed by atoms with Crippen molar-refractivity contribution in [3.8, 4) is 0 Å². The Labute approximate surface area is 91.0 Å². The summed E-state index contributed by atoms with van der Waals surface area (Å²) in [4.78, 5) is 21.1. The minimum absolute atomic E-state index is 0.0749. The van der Waals surface area contributed by atoms with Gasteiger partial charge in [0.15, 0.2) is 0 Å². The molecular formula is C10H10FNO4. The van der Waals surface area contributed by atoms with Gasteiger partial charge in [-0.3, -0.25) is 10.1 Å². The van der Waals surface area contributed by atoms with E-state index in [-0.39, 0.29) is 12.2 Å². The van der Waals surface area contributed by atoms with Crippen LogP contribution in [0, 0.1) is 22.9 Å². The molecule has 6 heteroatoms. The third kappa shape index (κ3) is 2.33. The van der Waals surface area contributed by atoms with Gasteiger partial charge in [-0.05, 0) is 31.5 Å². The molecule has 5 nitrogen and oxygen atoms in total. The highest BCUT2D eigenvalue weighted by Gasteiger charge is 2.26. The molecule has 0 unspecified atom stereocenters. The van der Waals surface area contributed by atoms with Crippen LogP contribution in [0.5, 0.6) is 0 Å². The van der Waals surface area contributed by atoms with Crippen molar-refractivity contribution in [1.82, 2.24) is 0 Å². The molecule has 0 saturated carbocycles. The molecule has 1 rings (SSSR count). The first-order valence-electron chi connectivity index (χ1n) is 4.59. The number of hydrogen-bond donors (Lipinski definition) is 0. The van der Waals surface area contributed by atoms with Crippen LogP contribution in [0.3, 0.4) is 0 Å². The zero-order valence-corrected chi connectivity index (χ0v) is 8.82. The average molecular weight is 227 g/mol. The molecule has 0 saturated heterocycles. The van der Waals surface area contributed by atoms with E-state index in [1.807, 2.05) is 0 Å². The normalized spacial score (nSPS) is 9.94. The zero-order chi connectivity index (χ0) is 12.3. The van der Waals surface area contributed by atoms with Crippen LogP contribution in [-0.4, -0.2) is 17.5 Å². The zero-order valence-electron chi connectivity index (χ0n) is 8.82. The molecule has 0 fully saturated rings. The number of carbonyl (C=O) groups is 1. The number of carbonyl (C=O) groups excluding carboxylic acids is 1. The number of ether oxygens (including phenoxy) is 1. The number of esters is 1. The van der Waals surface area contributed by atoms with Gasteiger partial charge in [-0.15, -0.1) is 0 Å². The lowest BCUT2D eigenvalue weighted by Crippen LogP contribution is -2.09. The maximum atomic E-state index is 13.3. The van der Waals surface area contributed by atoms with E-state index < -0.39 is 22.4 Å². The van der Waals surface area contributed by atoms with Crippen LogP contribution >= 0.6 is 0 Å². The molecule has 0 heterocycles. The van der Waals surface area contributed by atoms with E-state index in [4.69, 9.17) is 0 Å². The highest BCUT2D eigenvalue weighted by Crippen LogP contribution is 2.24. The van der Waals surface area contributed by atoms with E-state index in [0.717, 1.165) is 6.07 Å². The molecule has 0 amide bonds. The lowest BCUT2D eigenvalue weighted by Gasteiger charge is -2.04. The third-order valence-corrected chi connectivity index (χ3v) is 1.89. The number of nitro benzene ring substituents is 1. The van der Waals surface area contributed by atoms with Crippen LogP contribution in [-0.2, 0) is 4.74 Å². The summed E-state index contributed by atoms with van der Waals surface area (Å²) in [5.74, 6) is -1.93. The van der Waals surface area contributed by atoms with Gasteiger partial charge < -0.3 is 4.74 Å². The Balaban J connectivity index is 3.35. The van der Waals surface area contributed by atoms with Crippen molar-refractivity contribution in [2.24, 2.45) is 0 Å². The summed E-state index contributed by atoms with van der Waals surface area (Å²) in [5.41, 5.74) is -0.778. The van der Waals surface area contributed by atoms with Gasteiger partial charge in [0.2, 0.25) is 5.82 Å². The molecule has 0 spiro atoms. The topological polar surface area (TPSA) is 69.4 Å². The van der Waals surface area contributed by atoms with E-state index in [1.165, 1.54) is 13.0 Å². The van der Waals surface area contributed by atoms with Gasteiger partial charge in [0, 0.05) is 0 Å². The number of aryl methyl sites for hydroxylation is 1. The molecule has 0 bridgehead atoms. The maximum absolute atomic E-state index is 13.3. The molecule has 0 aliphatic heterocycles. The summed E-state index contributed by atoms with van der Waals surface area (Å²) in [5, 5.41) is 10.6. The summed E-state index contributed by atoms with van der Waals surface area (Å²) >= 11 is 0. The molecule has 0 aliphatic rings. The molecule has 0 atom stereocenters. The molecule has 16 heavy (non-hydrogen) atoms. The minimum Gasteiger partial charge on any atom is -0.462 e. The monoisotopic (exact) mass is 227 g/mol. The Hall–Kier alpha value is -1.98.